The van der Waals surface area contributed by atoms with Crippen LogP contribution in [-0.2, 0) is 25.6 Å². The minimum absolute atomic E-state index is 0.0165. The Morgan fingerprint density at radius 2 is 2.18 bits per heavy atom. The zero-order valence-electron chi connectivity index (χ0n) is 19.6. The Morgan fingerprint density at radius 1 is 1.33 bits per heavy atom. The number of benzene rings is 1. The van der Waals surface area contributed by atoms with Crippen molar-refractivity contribution in [3.8, 4) is 23.3 Å². The zero-order chi connectivity index (χ0) is 23.6. The molecule has 7 heteroatoms. The average Bonchev–Trinajstić information content (AvgIpc) is 3.17. The molecule has 1 heterocycles. The summed E-state index contributed by atoms with van der Waals surface area (Å²) in [5.41, 5.74) is 2.94. The second-order valence-corrected chi connectivity index (χ2v) is 8.46. The number of aliphatic carboxylic acids is 1. The number of aryl methyl sites for hydroxylation is 2. The molecule has 1 N–H and O–H groups in total. The van der Waals surface area contributed by atoms with Crippen molar-refractivity contribution in [2.75, 3.05) is 19.8 Å². The van der Waals surface area contributed by atoms with Crippen LogP contribution in [-0.4, -0.2) is 48.1 Å². The molecule has 0 aliphatic heterocycles. The minimum atomic E-state index is -1.04. The van der Waals surface area contributed by atoms with Gasteiger partial charge in [-0.3, -0.25) is 0 Å². The van der Waals surface area contributed by atoms with Crippen LogP contribution in [0.4, 0.5) is 0 Å². The maximum Gasteiger partial charge on any atom is 0.335 e. The summed E-state index contributed by atoms with van der Waals surface area (Å²) in [4.78, 5) is 15.9. The van der Waals surface area contributed by atoms with Crippen molar-refractivity contribution in [3.63, 3.8) is 0 Å². The van der Waals surface area contributed by atoms with E-state index in [1.807, 2.05) is 32.0 Å². The molecule has 1 saturated carbocycles. The molecule has 1 aromatic heterocycles. The molecular formula is C26H33NO6. The maximum atomic E-state index is 11.3. The second kappa shape index (κ2) is 12.5. The van der Waals surface area contributed by atoms with Gasteiger partial charge in [-0.05, 0) is 58.1 Å². The van der Waals surface area contributed by atoms with Crippen molar-refractivity contribution in [2.45, 2.75) is 65.3 Å². The standard InChI is InChI=1S/C26H33NO6/c1-4-5-12-31-24(26(28)29)17-30-15-20-9-7-11-22(14-20)32-16-23-19(3)33-25(27-23)21-10-6-8-18(2)13-21/h6,8,10,13,20,22,24H,7,9,11-12,14-17H2,1-3H3,(H,28,29). The Bertz CT molecular complexity index is 973. The fourth-order valence-corrected chi connectivity index (χ4v) is 3.95. The molecule has 3 unspecified atom stereocenters. The summed E-state index contributed by atoms with van der Waals surface area (Å²) in [7, 11) is 0. The quantitative estimate of drug-likeness (QED) is 0.497. The number of hydrogen-bond donors (Lipinski definition) is 1. The zero-order valence-corrected chi connectivity index (χ0v) is 19.6. The number of aromatic nitrogens is 1. The number of carboxylic acid groups (broad SMARTS) is 1. The Kier molecular flexibility index (Phi) is 9.49. The number of carbonyl (C=O) groups is 1. The van der Waals surface area contributed by atoms with Gasteiger partial charge in [0.2, 0.25) is 5.89 Å². The van der Waals surface area contributed by atoms with E-state index in [4.69, 9.17) is 18.6 Å². The van der Waals surface area contributed by atoms with Gasteiger partial charge in [0.05, 0.1) is 19.3 Å². The Morgan fingerprint density at radius 3 is 2.94 bits per heavy atom. The van der Waals surface area contributed by atoms with Crippen LogP contribution >= 0.6 is 0 Å². The largest absolute Gasteiger partial charge is 0.479 e. The lowest BCUT2D eigenvalue weighted by Gasteiger charge is -2.29. The van der Waals surface area contributed by atoms with Gasteiger partial charge in [0.1, 0.15) is 18.1 Å². The number of hydrogen-bond acceptors (Lipinski definition) is 6. The van der Waals surface area contributed by atoms with E-state index >= 15 is 0 Å². The summed E-state index contributed by atoms with van der Waals surface area (Å²) in [6, 6.07) is 8.09. The molecular weight excluding hydrogens is 422 g/mol. The molecule has 1 aliphatic rings. The molecule has 178 valence electrons. The predicted octanol–water partition coefficient (Wildman–Crippen LogP) is 4.54. The first kappa shape index (κ1) is 25.0. The van der Waals surface area contributed by atoms with Crippen LogP contribution in [0.2, 0.25) is 0 Å². The second-order valence-electron chi connectivity index (χ2n) is 8.46. The van der Waals surface area contributed by atoms with E-state index in [2.05, 4.69) is 22.9 Å². The Balaban J connectivity index is 1.45. The summed E-state index contributed by atoms with van der Waals surface area (Å²) in [6.45, 7) is 6.65. The highest BCUT2D eigenvalue weighted by Gasteiger charge is 2.25. The van der Waals surface area contributed by atoms with Crippen molar-refractivity contribution >= 4 is 5.97 Å². The van der Waals surface area contributed by atoms with Crippen LogP contribution in [0.1, 0.15) is 49.6 Å². The van der Waals surface area contributed by atoms with Crippen molar-refractivity contribution in [3.05, 3.63) is 41.3 Å². The number of nitrogens with zero attached hydrogens (tertiary/aromatic N) is 1. The normalized spacial score (nSPS) is 19.0. The number of rotatable bonds is 11. The van der Waals surface area contributed by atoms with Crippen molar-refractivity contribution in [1.29, 1.82) is 0 Å². The van der Waals surface area contributed by atoms with E-state index in [0.29, 0.717) is 25.0 Å². The molecule has 1 aliphatic carbocycles. The lowest BCUT2D eigenvalue weighted by Crippen LogP contribution is -2.31. The molecule has 1 fully saturated rings. The number of ether oxygens (including phenoxy) is 3. The molecule has 7 nitrogen and oxygen atoms in total. The summed E-state index contributed by atoms with van der Waals surface area (Å²) in [6.07, 6.45) is 3.09. The van der Waals surface area contributed by atoms with Gasteiger partial charge >= 0.3 is 5.97 Å². The van der Waals surface area contributed by atoms with E-state index in [9.17, 15) is 9.90 Å². The molecule has 0 amide bonds. The lowest BCUT2D eigenvalue weighted by atomic mass is 9.88. The van der Waals surface area contributed by atoms with Gasteiger partial charge < -0.3 is 23.7 Å². The highest BCUT2D eigenvalue weighted by molar-refractivity contribution is 5.72. The molecule has 0 radical (unpaired) electrons. The third-order valence-corrected chi connectivity index (χ3v) is 5.78. The van der Waals surface area contributed by atoms with Gasteiger partial charge in [-0.1, -0.05) is 30.0 Å². The monoisotopic (exact) mass is 455 g/mol. The first-order valence-corrected chi connectivity index (χ1v) is 11.4. The fourth-order valence-electron chi connectivity index (χ4n) is 3.95. The topological polar surface area (TPSA) is 91.0 Å². The van der Waals surface area contributed by atoms with Gasteiger partial charge in [-0.15, -0.1) is 5.92 Å². The maximum absolute atomic E-state index is 11.3. The van der Waals surface area contributed by atoms with E-state index in [-0.39, 0.29) is 19.3 Å². The molecule has 3 atom stereocenters. The third-order valence-electron chi connectivity index (χ3n) is 5.78. The molecule has 1 aromatic carbocycles. The van der Waals surface area contributed by atoms with E-state index in [1.54, 1.807) is 6.92 Å². The average molecular weight is 456 g/mol. The van der Waals surface area contributed by atoms with Crippen LogP contribution in [0.15, 0.2) is 28.7 Å². The van der Waals surface area contributed by atoms with Gasteiger partial charge in [-0.25, -0.2) is 9.78 Å². The minimum Gasteiger partial charge on any atom is -0.479 e. The predicted molar refractivity (Wildman–Crippen MR) is 124 cm³/mol. The van der Waals surface area contributed by atoms with Crippen molar-refractivity contribution in [2.24, 2.45) is 5.92 Å². The Hall–Kier alpha value is -2.66. The van der Waals surface area contributed by atoms with Crippen LogP contribution in [0.3, 0.4) is 0 Å². The van der Waals surface area contributed by atoms with Gasteiger partial charge in [0.25, 0.3) is 0 Å². The summed E-state index contributed by atoms with van der Waals surface area (Å²) in [5, 5.41) is 9.25. The smallest absolute Gasteiger partial charge is 0.335 e. The summed E-state index contributed by atoms with van der Waals surface area (Å²) >= 11 is 0. The van der Waals surface area contributed by atoms with Gasteiger partial charge in [0.15, 0.2) is 6.10 Å². The van der Waals surface area contributed by atoms with Crippen molar-refractivity contribution in [1.82, 2.24) is 4.98 Å². The molecule has 33 heavy (non-hydrogen) atoms. The summed E-state index contributed by atoms with van der Waals surface area (Å²) < 4.78 is 23.0. The molecule has 0 saturated heterocycles. The van der Waals surface area contributed by atoms with Crippen LogP contribution in [0.25, 0.3) is 11.5 Å². The van der Waals surface area contributed by atoms with Crippen molar-refractivity contribution < 1.29 is 28.5 Å². The molecule has 2 aromatic rings. The van der Waals surface area contributed by atoms with E-state index in [0.717, 1.165) is 48.3 Å². The number of oxazole rings is 1. The fraction of sp³-hybridized carbons (Fsp3) is 0.538. The molecule has 3 rings (SSSR count). The van der Waals surface area contributed by atoms with Gasteiger partial charge in [0, 0.05) is 12.2 Å². The number of carboxylic acids is 1. The van der Waals surface area contributed by atoms with Crippen LogP contribution < -0.4 is 0 Å². The third kappa shape index (κ3) is 7.71. The van der Waals surface area contributed by atoms with Gasteiger partial charge in [-0.2, -0.15) is 0 Å². The molecule has 0 spiro atoms. The van der Waals surface area contributed by atoms with Crippen LogP contribution in [0.5, 0.6) is 0 Å². The molecule has 0 bridgehead atoms. The van der Waals surface area contributed by atoms with Crippen LogP contribution in [0, 0.1) is 31.6 Å². The Labute approximate surface area is 195 Å². The highest BCUT2D eigenvalue weighted by atomic mass is 16.5. The van der Waals surface area contributed by atoms with E-state index in [1.165, 1.54) is 0 Å². The SMILES string of the molecule is CC#CCOC(COCC1CCCC(OCc2nc(-c3cccc(C)c3)oc2C)C1)C(=O)O. The summed E-state index contributed by atoms with van der Waals surface area (Å²) in [5.74, 6) is 6.07. The highest BCUT2D eigenvalue weighted by Crippen LogP contribution is 2.28. The first-order chi connectivity index (χ1) is 16.0. The lowest BCUT2D eigenvalue weighted by molar-refractivity contribution is -0.154. The first-order valence-electron chi connectivity index (χ1n) is 11.4. The van der Waals surface area contributed by atoms with E-state index < -0.39 is 12.1 Å².